The van der Waals surface area contributed by atoms with Gasteiger partial charge in [0.2, 0.25) is 0 Å². The molecule has 4 rings (SSSR count). The minimum Gasteiger partial charge on any atom is -0.469 e. The lowest BCUT2D eigenvalue weighted by molar-refractivity contribution is -0.143. The van der Waals surface area contributed by atoms with E-state index >= 15 is 0 Å². The van der Waals surface area contributed by atoms with Gasteiger partial charge in [-0.25, -0.2) is 0 Å². The summed E-state index contributed by atoms with van der Waals surface area (Å²) in [6.07, 6.45) is 3.09. The monoisotopic (exact) mass is 356 g/mol. The Morgan fingerprint density at radius 1 is 1.42 bits per heavy atom. The van der Waals surface area contributed by atoms with Crippen molar-refractivity contribution in [3.63, 3.8) is 0 Å². The lowest BCUT2D eigenvalue weighted by atomic mass is 9.79. The van der Waals surface area contributed by atoms with Crippen molar-refractivity contribution in [1.82, 2.24) is 9.88 Å². The van der Waals surface area contributed by atoms with Crippen molar-refractivity contribution in [2.45, 2.75) is 44.1 Å². The highest BCUT2D eigenvalue weighted by Gasteiger charge is 2.40. The normalized spacial score (nSPS) is 31.6. The van der Waals surface area contributed by atoms with Gasteiger partial charge in [0.05, 0.1) is 18.6 Å². The van der Waals surface area contributed by atoms with Crippen LogP contribution in [0.15, 0.2) is 24.3 Å². The summed E-state index contributed by atoms with van der Waals surface area (Å²) in [5.74, 6) is -0.196. The Bertz CT molecular complexity index is 815. The number of ether oxygens (including phenoxy) is 1. The third kappa shape index (κ3) is 3.03. The van der Waals surface area contributed by atoms with Crippen LogP contribution in [0.25, 0.3) is 10.9 Å². The predicted molar refractivity (Wildman–Crippen MR) is 101 cm³/mol. The summed E-state index contributed by atoms with van der Waals surface area (Å²) in [4.78, 5) is 18.5. The Morgan fingerprint density at radius 2 is 2.23 bits per heavy atom. The molecule has 1 saturated heterocycles. The van der Waals surface area contributed by atoms with Crippen LogP contribution in [0, 0.1) is 5.92 Å². The number of hydrogen-bond donors (Lipinski definition) is 2. The second-order valence-corrected chi connectivity index (χ2v) is 8.01. The maximum atomic E-state index is 12.7. The van der Waals surface area contributed by atoms with E-state index in [1.54, 1.807) is 0 Å². The number of piperidine rings is 1. The lowest BCUT2D eigenvalue weighted by Crippen LogP contribution is -2.51. The fraction of sp³-hybridized carbons (Fsp3) is 0.571. The average Bonchev–Trinajstić information content (AvgIpc) is 3.02. The van der Waals surface area contributed by atoms with E-state index in [0.717, 1.165) is 50.1 Å². The molecule has 0 saturated carbocycles. The lowest BCUT2D eigenvalue weighted by Gasteiger charge is -2.43. The van der Waals surface area contributed by atoms with Crippen molar-refractivity contribution < 1.29 is 14.6 Å². The van der Waals surface area contributed by atoms with Crippen LogP contribution in [-0.2, 0) is 16.0 Å². The van der Waals surface area contributed by atoms with Gasteiger partial charge in [0.25, 0.3) is 0 Å². The number of hydrogen-bond acceptors (Lipinski definition) is 4. The molecule has 1 fully saturated rings. The van der Waals surface area contributed by atoms with E-state index in [0.29, 0.717) is 6.42 Å². The van der Waals surface area contributed by atoms with Gasteiger partial charge in [-0.1, -0.05) is 25.1 Å². The minimum absolute atomic E-state index is 0.183. The van der Waals surface area contributed by atoms with Gasteiger partial charge >= 0.3 is 5.97 Å². The van der Waals surface area contributed by atoms with E-state index in [1.165, 1.54) is 18.1 Å². The highest BCUT2D eigenvalue weighted by molar-refractivity contribution is 5.88. The number of benzene rings is 1. The first-order valence-corrected chi connectivity index (χ1v) is 9.65. The molecule has 0 aliphatic carbocycles. The number of nitrogens with zero attached hydrogens (tertiary/aromatic N) is 1. The van der Waals surface area contributed by atoms with Crippen LogP contribution in [0.3, 0.4) is 0 Å². The van der Waals surface area contributed by atoms with Gasteiger partial charge in [0.1, 0.15) is 0 Å². The van der Waals surface area contributed by atoms with Crippen LogP contribution in [-0.4, -0.2) is 53.3 Å². The zero-order chi connectivity index (χ0) is 18.3. The molecule has 26 heavy (non-hydrogen) atoms. The van der Waals surface area contributed by atoms with Gasteiger partial charge in [-0.15, -0.1) is 0 Å². The highest BCUT2D eigenvalue weighted by atomic mass is 16.5. The Kier molecular flexibility index (Phi) is 4.53. The molecule has 0 amide bonds. The molecule has 2 N–H and O–H groups in total. The molecule has 4 atom stereocenters. The molecule has 2 aliphatic rings. The van der Waals surface area contributed by atoms with Gasteiger partial charge < -0.3 is 14.8 Å². The first-order valence-electron chi connectivity index (χ1n) is 9.65. The molecule has 3 heterocycles. The van der Waals surface area contributed by atoms with Crippen LogP contribution in [0.4, 0.5) is 0 Å². The molecular formula is C21H28N2O3. The molecule has 5 heteroatoms. The maximum absolute atomic E-state index is 12.7. The topological polar surface area (TPSA) is 65.6 Å². The Hall–Kier alpha value is -1.85. The molecule has 2 aliphatic heterocycles. The zero-order valence-electron chi connectivity index (χ0n) is 15.6. The third-order valence-corrected chi connectivity index (χ3v) is 6.29. The number of rotatable bonds is 2. The number of fused-ring (bicyclic) bond motifs is 5. The zero-order valence-corrected chi connectivity index (χ0v) is 15.6. The fourth-order valence-corrected chi connectivity index (χ4v) is 4.96. The van der Waals surface area contributed by atoms with Crippen molar-refractivity contribution in [1.29, 1.82) is 0 Å². The van der Waals surface area contributed by atoms with Crippen LogP contribution in [0.1, 0.15) is 43.4 Å². The second kappa shape index (κ2) is 6.71. The molecule has 0 radical (unpaired) electrons. The summed E-state index contributed by atoms with van der Waals surface area (Å²) in [6.45, 7) is 4.62. The number of nitrogens with one attached hydrogen (secondary N) is 1. The summed E-state index contributed by atoms with van der Waals surface area (Å²) in [6, 6.07) is 8.26. The molecular weight excluding hydrogens is 328 g/mol. The first-order chi connectivity index (χ1) is 12.5. The maximum Gasteiger partial charge on any atom is 0.314 e. The summed E-state index contributed by atoms with van der Waals surface area (Å²) in [5.41, 5.74) is 2.66. The molecule has 1 aromatic carbocycles. The van der Waals surface area contributed by atoms with Crippen molar-refractivity contribution in [2.24, 2.45) is 5.92 Å². The standard InChI is InChI=1S/C21H28N2O3/c1-3-21(25)11-14-10-17(20(24)26-2)19-16(8-9-23(12-14)13-21)15-6-4-5-7-18(15)22-19/h4-7,14,17,22,25H,3,8-13H2,1-2H3/t14-,17+,21-/m0/s1. The van der Waals surface area contributed by atoms with E-state index in [-0.39, 0.29) is 17.8 Å². The quantitative estimate of drug-likeness (QED) is 0.812. The molecule has 2 bridgehead atoms. The smallest absolute Gasteiger partial charge is 0.314 e. The first kappa shape index (κ1) is 17.6. The Morgan fingerprint density at radius 3 is 3.00 bits per heavy atom. The van der Waals surface area contributed by atoms with E-state index in [2.05, 4.69) is 22.0 Å². The van der Waals surface area contributed by atoms with Gasteiger partial charge in [-0.3, -0.25) is 9.69 Å². The fourth-order valence-electron chi connectivity index (χ4n) is 4.96. The van der Waals surface area contributed by atoms with E-state index in [4.69, 9.17) is 4.74 Å². The number of aliphatic hydroxyl groups is 1. The van der Waals surface area contributed by atoms with Gasteiger partial charge in [0, 0.05) is 36.2 Å². The van der Waals surface area contributed by atoms with Crippen molar-refractivity contribution in [2.75, 3.05) is 26.7 Å². The molecule has 0 spiro atoms. The van der Waals surface area contributed by atoms with Gasteiger partial charge in [0.15, 0.2) is 0 Å². The summed E-state index contributed by atoms with van der Waals surface area (Å²) >= 11 is 0. The largest absolute Gasteiger partial charge is 0.469 e. The summed E-state index contributed by atoms with van der Waals surface area (Å²) in [7, 11) is 1.47. The van der Waals surface area contributed by atoms with Crippen molar-refractivity contribution >= 4 is 16.9 Å². The Balaban J connectivity index is 1.79. The number of aromatic amines is 1. The van der Waals surface area contributed by atoms with Gasteiger partial charge in [-0.2, -0.15) is 0 Å². The molecule has 140 valence electrons. The Labute approximate surface area is 154 Å². The van der Waals surface area contributed by atoms with Gasteiger partial charge in [-0.05, 0) is 43.2 Å². The van der Waals surface area contributed by atoms with Crippen LogP contribution < -0.4 is 0 Å². The number of para-hydroxylation sites is 1. The predicted octanol–water partition coefficient (Wildman–Crippen LogP) is 2.83. The van der Waals surface area contributed by atoms with Crippen LogP contribution in [0.2, 0.25) is 0 Å². The third-order valence-electron chi connectivity index (χ3n) is 6.29. The van der Waals surface area contributed by atoms with E-state index in [9.17, 15) is 9.90 Å². The highest BCUT2D eigenvalue weighted by Crippen LogP contribution is 2.39. The van der Waals surface area contributed by atoms with Crippen molar-refractivity contribution in [3.8, 4) is 0 Å². The molecule has 2 aromatic rings. The van der Waals surface area contributed by atoms with E-state index in [1.807, 2.05) is 19.1 Å². The number of carbonyl (C=O) groups is 1. The molecule has 5 nitrogen and oxygen atoms in total. The van der Waals surface area contributed by atoms with Crippen molar-refractivity contribution in [3.05, 3.63) is 35.5 Å². The summed E-state index contributed by atoms with van der Waals surface area (Å²) < 4.78 is 5.16. The number of aromatic nitrogens is 1. The van der Waals surface area contributed by atoms with E-state index < -0.39 is 5.60 Å². The SMILES string of the molecule is CC[C@]1(O)C[C@@H]2C[C@@H](C(=O)OC)c3[nH]c4ccccc4c3CCN(C2)C1. The molecule has 1 unspecified atom stereocenters. The van der Waals surface area contributed by atoms with Crippen LogP contribution >= 0.6 is 0 Å². The number of carbonyl (C=O) groups excluding carboxylic acids is 1. The number of esters is 1. The van der Waals surface area contributed by atoms with Crippen LogP contribution in [0.5, 0.6) is 0 Å². The number of methoxy groups -OCH3 is 1. The average molecular weight is 356 g/mol. The summed E-state index contributed by atoms with van der Waals surface area (Å²) in [5, 5.41) is 12.1. The second-order valence-electron chi connectivity index (χ2n) is 8.01. The molecule has 1 aromatic heterocycles. The number of H-pyrrole nitrogens is 1. The minimum atomic E-state index is -0.649.